The number of ether oxygens (including phenoxy) is 1. The molecule has 0 bridgehead atoms. The minimum absolute atomic E-state index is 0.0348. The first-order valence-corrected chi connectivity index (χ1v) is 9.00. The van der Waals surface area contributed by atoms with E-state index in [2.05, 4.69) is 5.16 Å². The molecule has 2 amide bonds. The number of carbonyl (C=O) groups is 3. The summed E-state index contributed by atoms with van der Waals surface area (Å²) >= 11 is 0. The molecule has 0 aliphatic carbocycles. The second-order valence-corrected chi connectivity index (χ2v) is 6.66. The maximum Gasteiger partial charge on any atom is 0.306 e. The molecule has 0 fully saturated rings. The van der Waals surface area contributed by atoms with E-state index in [0.29, 0.717) is 34.4 Å². The minimum atomic E-state index is -0.417. The fourth-order valence-electron chi connectivity index (χ4n) is 3.38. The van der Waals surface area contributed by atoms with Gasteiger partial charge in [-0.3, -0.25) is 19.3 Å². The van der Waals surface area contributed by atoms with E-state index in [1.807, 2.05) is 12.1 Å². The Morgan fingerprint density at radius 2 is 1.79 bits per heavy atom. The van der Waals surface area contributed by atoms with Gasteiger partial charge >= 0.3 is 5.97 Å². The third-order valence-electron chi connectivity index (χ3n) is 4.68. The van der Waals surface area contributed by atoms with Gasteiger partial charge in [0.2, 0.25) is 0 Å². The van der Waals surface area contributed by atoms with Gasteiger partial charge < -0.3 is 9.26 Å². The average molecular weight is 378 g/mol. The van der Waals surface area contributed by atoms with Crippen molar-refractivity contribution in [1.29, 1.82) is 0 Å². The Bertz CT molecular complexity index is 1030. The summed E-state index contributed by atoms with van der Waals surface area (Å²) in [4.78, 5) is 38.7. The number of imide groups is 1. The Hall–Kier alpha value is -3.48. The molecule has 2 heterocycles. The van der Waals surface area contributed by atoms with Crippen molar-refractivity contribution in [3.8, 4) is 0 Å². The molecule has 0 radical (unpaired) electrons. The third kappa shape index (κ3) is 3.26. The number of hydrogen-bond acceptors (Lipinski definition) is 6. The summed E-state index contributed by atoms with van der Waals surface area (Å²) < 4.78 is 10.0. The Labute approximate surface area is 160 Å². The highest BCUT2D eigenvalue weighted by molar-refractivity contribution is 6.25. The average Bonchev–Trinajstić information content (AvgIpc) is 3.12. The third-order valence-corrected chi connectivity index (χ3v) is 4.68. The van der Waals surface area contributed by atoms with E-state index >= 15 is 0 Å². The maximum atomic E-state index is 12.8. The zero-order valence-electron chi connectivity index (χ0n) is 15.3. The van der Waals surface area contributed by atoms with Gasteiger partial charge in [0.1, 0.15) is 18.1 Å². The van der Waals surface area contributed by atoms with Crippen LogP contribution in [0.4, 0.5) is 0 Å². The predicted octanol–water partition coefficient (Wildman–Crippen LogP) is 3.26. The zero-order valence-corrected chi connectivity index (χ0v) is 15.3. The molecule has 142 valence electrons. The van der Waals surface area contributed by atoms with Crippen molar-refractivity contribution in [2.75, 3.05) is 6.54 Å². The van der Waals surface area contributed by atoms with E-state index in [4.69, 9.17) is 9.26 Å². The number of aryl methyl sites for hydroxylation is 1. The maximum absolute atomic E-state index is 12.8. The van der Waals surface area contributed by atoms with E-state index < -0.39 is 5.97 Å². The van der Waals surface area contributed by atoms with Crippen molar-refractivity contribution < 1.29 is 23.6 Å². The van der Waals surface area contributed by atoms with Crippen LogP contribution in [0.1, 0.15) is 45.0 Å². The molecule has 1 aromatic heterocycles. The number of amides is 2. The lowest BCUT2D eigenvalue weighted by Gasteiger charge is -2.27. The van der Waals surface area contributed by atoms with Gasteiger partial charge in [-0.1, -0.05) is 29.4 Å². The number of esters is 1. The molecule has 0 N–H and O–H groups in total. The van der Waals surface area contributed by atoms with E-state index in [1.54, 1.807) is 37.3 Å². The Morgan fingerprint density at radius 3 is 2.39 bits per heavy atom. The highest BCUT2D eigenvalue weighted by atomic mass is 16.5. The molecule has 1 aliphatic heterocycles. The van der Waals surface area contributed by atoms with Gasteiger partial charge in [-0.15, -0.1) is 0 Å². The molecule has 0 spiro atoms. The largest absolute Gasteiger partial charge is 0.459 e. The number of rotatable bonds is 6. The monoisotopic (exact) mass is 378 g/mol. The highest BCUT2D eigenvalue weighted by Gasteiger charge is 2.32. The smallest absolute Gasteiger partial charge is 0.306 e. The lowest BCUT2D eigenvalue weighted by Crippen LogP contribution is -2.41. The van der Waals surface area contributed by atoms with Crippen molar-refractivity contribution in [2.24, 2.45) is 0 Å². The molecule has 0 saturated heterocycles. The molecule has 0 unspecified atom stereocenters. The molecular formula is C21H18N2O5. The first-order valence-electron chi connectivity index (χ1n) is 9.00. The quantitative estimate of drug-likeness (QED) is 0.483. The Morgan fingerprint density at radius 1 is 1.11 bits per heavy atom. The van der Waals surface area contributed by atoms with Gasteiger partial charge in [0.15, 0.2) is 0 Å². The van der Waals surface area contributed by atoms with Crippen LogP contribution in [-0.4, -0.2) is 34.4 Å². The highest BCUT2D eigenvalue weighted by Crippen LogP contribution is 2.30. The van der Waals surface area contributed by atoms with Crippen LogP contribution in [0, 0.1) is 6.92 Å². The van der Waals surface area contributed by atoms with Crippen LogP contribution in [0.15, 0.2) is 47.0 Å². The molecule has 7 nitrogen and oxygen atoms in total. The van der Waals surface area contributed by atoms with Gasteiger partial charge in [0.05, 0.1) is 0 Å². The van der Waals surface area contributed by atoms with Crippen LogP contribution < -0.4 is 0 Å². The normalized spacial score (nSPS) is 13.2. The molecular weight excluding hydrogens is 360 g/mol. The summed E-state index contributed by atoms with van der Waals surface area (Å²) in [6.45, 7) is 1.94. The van der Waals surface area contributed by atoms with Gasteiger partial charge in [0, 0.05) is 35.5 Å². The van der Waals surface area contributed by atoms with Crippen LogP contribution in [0.25, 0.3) is 10.8 Å². The van der Waals surface area contributed by atoms with Gasteiger partial charge in [-0.25, -0.2) is 0 Å². The van der Waals surface area contributed by atoms with Crippen LogP contribution in [0.2, 0.25) is 0 Å². The van der Waals surface area contributed by atoms with Crippen molar-refractivity contribution >= 4 is 28.6 Å². The SMILES string of the molecule is Cc1cc(COC(=O)CCCN2C(=O)c3cccc4cccc(c34)C2=O)no1. The van der Waals surface area contributed by atoms with Crippen molar-refractivity contribution in [1.82, 2.24) is 10.1 Å². The molecule has 0 atom stereocenters. The number of benzene rings is 2. The Kier molecular flexibility index (Phi) is 4.65. The second kappa shape index (κ2) is 7.26. The molecule has 3 aromatic rings. The minimum Gasteiger partial charge on any atom is -0.459 e. The molecule has 7 heteroatoms. The van der Waals surface area contributed by atoms with Crippen LogP contribution >= 0.6 is 0 Å². The van der Waals surface area contributed by atoms with E-state index in [0.717, 1.165) is 5.39 Å². The van der Waals surface area contributed by atoms with Crippen molar-refractivity contribution in [3.63, 3.8) is 0 Å². The number of nitrogens with zero attached hydrogens (tertiary/aromatic N) is 2. The lowest BCUT2D eigenvalue weighted by atomic mass is 9.94. The molecule has 0 saturated carbocycles. The fourth-order valence-corrected chi connectivity index (χ4v) is 3.38. The van der Waals surface area contributed by atoms with Crippen molar-refractivity contribution in [2.45, 2.75) is 26.4 Å². The Balaban J connectivity index is 1.38. The van der Waals surface area contributed by atoms with Crippen LogP contribution in [-0.2, 0) is 16.1 Å². The zero-order chi connectivity index (χ0) is 19.7. The molecule has 4 rings (SSSR count). The standard InChI is InChI=1S/C21H18N2O5/c1-13-11-15(22-28-13)12-27-18(24)9-4-10-23-20(25)16-7-2-5-14-6-3-8-17(19(14)16)21(23)26/h2-3,5-8,11H,4,9-10,12H2,1H3. The van der Waals surface area contributed by atoms with E-state index in [-0.39, 0.29) is 31.4 Å². The van der Waals surface area contributed by atoms with Gasteiger partial charge in [0.25, 0.3) is 11.8 Å². The summed E-state index contributed by atoms with van der Waals surface area (Å²) in [5.74, 6) is -0.440. The van der Waals surface area contributed by atoms with E-state index in [1.165, 1.54) is 4.90 Å². The lowest BCUT2D eigenvalue weighted by molar-refractivity contribution is -0.145. The first-order chi connectivity index (χ1) is 13.5. The second-order valence-electron chi connectivity index (χ2n) is 6.66. The summed E-state index contributed by atoms with van der Waals surface area (Å²) in [5.41, 5.74) is 1.56. The summed E-state index contributed by atoms with van der Waals surface area (Å²) in [6.07, 6.45) is 0.423. The predicted molar refractivity (Wildman–Crippen MR) is 99.6 cm³/mol. The van der Waals surface area contributed by atoms with Gasteiger partial charge in [-0.2, -0.15) is 0 Å². The van der Waals surface area contributed by atoms with Crippen LogP contribution in [0.5, 0.6) is 0 Å². The number of aromatic nitrogens is 1. The van der Waals surface area contributed by atoms with Crippen LogP contribution in [0.3, 0.4) is 0 Å². The summed E-state index contributed by atoms with van der Waals surface area (Å²) in [6, 6.07) is 12.5. The fraction of sp³-hybridized carbons (Fsp3) is 0.238. The topological polar surface area (TPSA) is 89.7 Å². The summed E-state index contributed by atoms with van der Waals surface area (Å²) in [7, 11) is 0. The summed E-state index contributed by atoms with van der Waals surface area (Å²) in [5, 5.41) is 5.31. The number of hydrogen-bond donors (Lipinski definition) is 0. The number of carbonyl (C=O) groups excluding carboxylic acids is 3. The molecule has 1 aliphatic rings. The van der Waals surface area contributed by atoms with Crippen molar-refractivity contribution in [3.05, 3.63) is 65.0 Å². The van der Waals surface area contributed by atoms with Gasteiger partial charge in [-0.05, 0) is 30.9 Å². The first kappa shape index (κ1) is 17.9. The molecule has 28 heavy (non-hydrogen) atoms. The molecule has 2 aromatic carbocycles. The van der Waals surface area contributed by atoms with E-state index in [9.17, 15) is 14.4 Å².